The van der Waals surface area contributed by atoms with Crippen molar-refractivity contribution < 1.29 is 9.15 Å². The Hall–Kier alpha value is -1.59. The summed E-state index contributed by atoms with van der Waals surface area (Å²) in [5, 5.41) is 3.69. The van der Waals surface area contributed by atoms with Crippen LogP contribution < -0.4 is 5.32 Å². The zero-order chi connectivity index (χ0) is 14.7. The lowest BCUT2D eigenvalue weighted by atomic mass is 10.1. The molecule has 6 heteroatoms. The van der Waals surface area contributed by atoms with Crippen LogP contribution in [0.15, 0.2) is 16.5 Å². The Kier molecular flexibility index (Phi) is 4.62. The first-order valence-corrected chi connectivity index (χ1v) is 6.73. The minimum atomic E-state index is 0.0637. The van der Waals surface area contributed by atoms with E-state index >= 15 is 0 Å². The van der Waals surface area contributed by atoms with Crippen molar-refractivity contribution in [2.75, 3.05) is 12.4 Å². The standard InChI is InChI=1S/C14H18ClN3O2/c1-8-5-11(10(3)20-8)9(2)16-13-6-12(15)17-14(18-13)7-19-4/h5-6,9H,7H2,1-4H3,(H,16,17,18). The number of methoxy groups -OCH3 is 1. The maximum atomic E-state index is 5.99. The highest BCUT2D eigenvalue weighted by atomic mass is 35.5. The van der Waals surface area contributed by atoms with Gasteiger partial charge in [0.05, 0.1) is 6.04 Å². The molecule has 0 aromatic carbocycles. The van der Waals surface area contributed by atoms with Crippen LogP contribution >= 0.6 is 11.6 Å². The van der Waals surface area contributed by atoms with E-state index in [1.54, 1.807) is 13.2 Å². The van der Waals surface area contributed by atoms with Crippen LogP contribution in [0.5, 0.6) is 0 Å². The fraction of sp³-hybridized carbons (Fsp3) is 0.429. The molecule has 0 aliphatic carbocycles. The molecule has 108 valence electrons. The van der Waals surface area contributed by atoms with Crippen molar-refractivity contribution in [1.82, 2.24) is 9.97 Å². The first-order chi connectivity index (χ1) is 9.49. The number of aryl methyl sites for hydroxylation is 2. The number of nitrogens with zero attached hydrogens (tertiary/aromatic N) is 2. The summed E-state index contributed by atoms with van der Waals surface area (Å²) in [6.07, 6.45) is 0. The monoisotopic (exact) mass is 295 g/mol. The Labute approximate surface area is 123 Å². The zero-order valence-corrected chi connectivity index (χ0v) is 12.8. The van der Waals surface area contributed by atoms with E-state index in [0.717, 1.165) is 17.1 Å². The van der Waals surface area contributed by atoms with Gasteiger partial charge in [-0.3, -0.25) is 0 Å². The SMILES string of the molecule is COCc1nc(Cl)cc(NC(C)c2cc(C)oc2C)n1. The molecular weight excluding hydrogens is 278 g/mol. The predicted molar refractivity (Wildman–Crippen MR) is 78.0 cm³/mol. The fourth-order valence-electron chi connectivity index (χ4n) is 2.11. The van der Waals surface area contributed by atoms with Crippen molar-refractivity contribution in [3.05, 3.63) is 40.2 Å². The molecule has 20 heavy (non-hydrogen) atoms. The van der Waals surface area contributed by atoms with Gasteiger partial charge in [-0.05, 0) is 26.8 Å². The lowest BCUT2D eigenvalue weighted by molar-refractivity contribution is 0.178. The van der Waals surface area contributed by atoms with E-state index in [2.05, 4.69) is 15.3 Å². The second-order valence-electron chi connectivity index (χ2n) is 4.66. The average molecular weight is 296 g/mol. The van der Waals surface area contributed by atoms with E-state index < -0.39 is 0 Å². The number of hydrogen-bond acceptors (Lipinski definition) is 5. The van der Waals surface area contributed by atoms with Crippen LogP contribution in [-0.4, -0.2) is 17.1 Å². The quantitative estimate of drug-likeness (QED) is 0.853. The fourth-order valence-corrected chi connectivity index (χ4v) is 2.31. The highest BCUT2D eigenvalue weighted by Crippen LogP contribution is 2.25. The van der Waals surface area contributed by atoms with Gasteiger partial charge in [0.2, 0.25) is 0 Å². The van der Waals surface area contributed by atoms with E-state index in [4.69, 9.17) is 20.8 Å². The van der Waals surface area contributed by atoms with Crippen LogP contribution in [0, 0.1) is 13.8 Å². The first kappa shape index (κ1) is 14.8. The van der Waals surface area contributed by atoms with Gasteiger partial charge in [-0.15, -0.1) is 0 Å². The molecule has 5 nitrogen and oxygen atoms in total. The summed E-state index contributed by atoms with van der Waals surface area (Å²) < 4.78 is 10.6. The molecule has 0 saturated heterocycles. The van der Waals surface area contributed by atoms with Crippen LogP contribution in [0.25, 0.3) is 0 Å². The van der Waals surface area contributed by atoms with Crippen LogP contribution in [0.2, 0.25) is 5.15 Å². The van der Waals surface area contributed by atoms with Gasteiger partial charge in [-0.25, -0.2) is 9.97 Å². The molecule has 1 N–H and O–H groups in total. The minimum Gasteiger partial charge on any atom is -0.466 e. The number of ether oxygens (including phenoxy) is 1. The molecule has 0 fully saturated rings. The number of hydrogen-bond donors (Lipinski definition) is 1. The van der Waals surface area contributed by atoms with Gasteiger partial charge >= 0.3 is 0 Å². The number of anilines is 1. The number of nitrogens with one attached hydrogen (secondary N) is 1. The molecule has 2 aromatic heterocycles. The number of furan rings is 1. The normalized spacial score (nSPS) is 12.4. The maximum Gasteiger partial charge on any atom is 0.158 e. The summed E-state index contributed by atoms with van der Waals surface area (Å²) in [4.78, 5) is 8.46. The van der Waals surface area contributed by atoms with Gasteiger partial charge in [-0.1, -0.05) is 11.6 Å². The van der Waals surface area contributed by atoms with E-state index in [9.17, 15) is 0 Å². The van der Waals surface area contributed by atoms with E-state index in [1.807, 2.05) is 26.8 Å². The Morgan fingerprint density at radius 1 is 1.35 bits per heavy atom. The summed E-state index contributed by atoms with van der Waals surface area (Å²) in [5.74, 6) is 3.02. The minimum absolute atomic E-state index is 0.0637. The molecule has 0 aliphatic rings. The molecule has 0 radical (unpaired) electrons. The third-order valence-corrected chi connectivity index (χ3v) is 3.12. The van der Waals surface area contributed by atoms with E-state index in [-0.39, 0.29) is 6.04 Å². The molecular formula is C14H18ClN3O2. The van der Waals surface area contributed by atoms with Crippen molar-refractivity contribution in [2.24, 2.45) is 0 Å². The van der Waals surface area contributed by atoms with E-state index in [0.29, 0.717) is 23.4 Å². The summed E-state index contributed by atoms with van der Waals surface area (Å²) in [6.45, 7) is 6.25. The average Bonchev–Trinajstić information content (AvgIpc) is 2.68. The van der Waals surface area contributed by atoms with Crippen LogP contribution in [-0.2, 0) is 11.3 Å². The van der Waals surface area contributed by atoms with Crippen molar-refractivity contribution in [1.29, 1.82) is 0 Å². The Balaban J connectivity index is 2.18. The molecule has 0 bridgehead atoms. The summed E-state index contributed by atoms with van der Waals surface area (Å²) in [5.41, 5.74) is 1.10. The first-order valence-electron chi connectivity index (χ1n) is 6.35. The highest BCUT2D eigenvalue weighted by molar-refractivity contribution is 6.29. The molecule has 1 unspecified atom stereocenters. The third kappa shape index (κ3) is 3.49. The maximum absolute atomic E-state index is 5.99. The van der Waals surface area contributed by atoms with Gasteiger partial charge < -0.3 is 14.5 Å². The van der Waals surface area contributed by atoms with Crippen molar-refractivity contribution in [2.45, 2.75) is 33.4 Å². The molecule has 0 spiro atoms. The topological polar surface area (TPSA) is 60.2 Å². The Morgan fingerprint density at radius 3 is 2.70 bits per heavy atom. The number of halogens is 1. The smallest absolute Gasteiger partial charge is 0.158 e. The van der Waals surface area contributed by atoms with Crippen molar-refractivity contribution in [3.63, 3.8) is 0 Å². The molecule has 2 aromatic rings. The van der Waals surface area contributed by atoms with Crippen LogP contribution in [0.3, 0.4) is 0 Å². The van der Waals surface area contributed by atoms with Gasteiger partial charge in [0.1, 0.15) is 29.1 Å². The van der Waals surface area contributed by atoms with Crippen molar-refractivity contribution >= 4 is 17.4 Å². The highest BCUT2D eigenvalue weighted by Gasteiger charge is 2.14. The van der Waals surface area contributed by atoms with Gasteiger partial charge in [-0.2, -0.15) is 0 Å². The summed E-state index contributed by atoms with van der Waals surface area (Å²) in [6, 6.07) is 3.78. The number of rotatable bonds is 5. The molecule has 2 heterocycles. The number of aromatic nitrogens is 2. The summed E-state index contributed by atoms with van der Waals surface area (Å²) >= 11 is 5.99. The Morgan fingerprint density at radius 2 is 2.10 bits per heavy atom. The van der Waals surface area contributed by atoms with Gasteiger partial charge in [0.15, 0.2) is 5.82 Å². The second kappa shape index (κ2) is 6.24. The van der Waals surface area contributed by atoms with Crippen LogP contribution in [0.4, 0.5) is 5.82 Å². The molecule has 0 aliphatic heterocycles. The molecule has 0 amide bonds. The zero-order valence-electron chi connectivity index (χ0n) is 12.0. The van der Waals surface area contributed by atoms with E-state index in [1.165, 1.54) is 0 Å². The van der Waals surface area contributed by atoms with Crippen LogP contribution in [0.1, 0.15) is 35.9 Å². The summed E-state index contributed by atoms with van der Waals surface area (Å²) in [7, 11) is 1.59. The largest absolute Gasteiger partial charge is 0.466 e. The molecule has 0 saturated carbocycles. The lowest BCUT2D eigenvalue weighted by Gasteiger charge is -2.14. The molecule has 2 rings (SSSR count). The van der Waals surface area contributed by atoms with Crippen molar-refractivity contribution in [3.8, 4) is 0 Å². The molecule has 1 atom stereocenters. The second-order valence-corrected chi connectivity index (χ2v) is 5.05. The van der Waals surface area contributed by atoms with Gasteiger partial charge in [0.25, 0.3) is 0 Å². The predicted octanol–water partition coefficient (Wildman–Crippen LogP) is 3.66. The van der Waals surface area contributed by atoms with Gasteiger partial charge in [0, 0.05) is 18.7 Å². The lowest BCUT2D eigenvalue weighted by Crippen LogP contribution is -2.10. The third-order valence-electron chi connectivity index (χ3n) is 2.92. The Bertz CT molecular complexity index is 598.